The number of aliphatic hydroxyl groups is 1. The van der Waals surface area contributed by atoms with Crippen LogP contribution in [-0.2, 0) is 16.6 Å². The first-order valence-corrected chi connectivity index (χ1v) is 8.82. The van der Waals surface area contributed by atoms with E-state index in [1.807, 2.05) is 20.1 Å². The van der Waals surface area contributed by atoms with Gasteiger partial charge in [0.15, 0.2) is 0 Å². The molecule has 1 unspecified atom stereocenters. The van der Waals surface area contributed by atoms with Crippen LogP contribution in [0.3, 0.4) is 0 Å². The molecule has 0 aromatic heterocycles. The zero-order chi connectivity index (χ0) is 14.6. The van der Waals surface area contributed by atoms with Gasteiger partial charge in [0.1, 0.15) is 0 Å². The van der Waals surface area contributed by atoms with Crippen LogP contribution in [0.25, 0.3) is 0 Å². The van der Waals surface area contributed by atoms with Crippen molar-refractivity contribution in [2.75, 3.05) is 12.8 Å². The molecule has 0 bridgehead atoms. The van der Waals surface area contributed by atoms with Crippen molar-refractivity contribution >= 4 is 21.8 Å². The Morgan fingerprint density at radius 2 is 1.95 bits per heavy atom. The molecule has 0 saturated carbocycles. The van der Waals surface area contributed by atoms with E-state index >= 15 is 0 Å². The molecule has 1 atom stereocenters. The number of benzene rings is 1. The second-order valence-corrected chi connectivity index (χ2v) is 7.61. The molecule has 0 aliphatic heterocycles. The fourth-order valence-corrected chi connectivity index (χ4v) is 3.48. The van der Waals surface area contributed by atoms with Gasteiger partial charge in [0.25, 0.3) is 0 Å². The lowest BCUT2D eigenvalue weighted by molar-refractivity contribution is 0.280. The maximum absolute atomic E-state index is 12.3. The second kappa shape index (κ2) is 6.74. The predicted molar refractivity (Wildman–Crippen MR) is 80.0 cm³/mol. The third-order valence-corrected chi connectivity index (χ3v) is 5.59. The number of rotatable bonds is 6. The maximum Gasteiger partial charge on any atom is 0.240 e. The van der Waals surface area contributed by atoms with Crippen LogP contribution in [0.2, 0.25) is 0 Å². The molecule has 0 fully saturated rings. The minimum absolute atomic E-state index is 0.157. The molecule has 1 rings (SSSR count). The smallest absolute Gasteiger partial charge is 0.240 e. The zero-order valence-electron chi connectivity index (χ0n) is 11.7. The van der Waals surface area contributed by atoms with E-state index in [0.29, 0.717) is 17.7 Å². The normalized spacial score (nSPS) is 13.5. The molecule has 2 N–H and O–H groups in total. The van der Waals surface area contributed by atoms with Crippen LogP contribution >= 0.6 is 11.8 Å². The summed E-state index contributed by atoms with van der Waals surface area (Å²) in [5.74, 6) is 0. The molecule has 0 spiro atoms. The van der Waals surface area contributed by atoms with Crippen molar-refractivity contribution in [3.63, 3.8) is 0 Å². The van der Waals surface area contributed by atoms with Crippen LogP contribution in [0, 0.1) is 13.8 Å². The average Bonchev–Trinajstić information content (AvgIpc) is 2.35. The van der Waals surface area contributed by atoms with Crippen LogP contribution in [0.15, 0.2) is 17.0 Å². The number of sulfonamides is 1. The monoisotopic (exact) mass is 303 g/mol. The molecule has 108 valence electrons. The van der Waals surface area contributed by atoms with Crippen molar-refractivity contribution in [2.45, 2.75) is 37.5 Å². The fourth-order valence-electron chi connectivity index (χ4n) is 1.72. The number of thioether (sulfide) groups is 1. The van der Waals surface area contributed by atoms with E-state index in [1.165, 1.54) is 0 Å². The largest absolute Gasteiger partial charge is 0.392 e. The fraction of sp³-hybridized carbons (Fsp3) is 0.538. The van der Waals surface area contributed by atoms with Gasteiger partial charge in [-0.15, -0.1) is 0 Å². The van der Waals surface area contributed by atoms with Crippen LogP contribution < -0.4 is 4.72 Å². The van der Waals surface area contributed by atoms with Crippen molar-refractivity contribution in [2.24, 2.45) is 0 Å². The van der Waals surface area contributed by atoms with E-state index in [1.54, 1.807) is 30.8 Å². The van der Waals surface area contributed by atoms with Crippen molar-refractivity contribution in [1.29, 1.82) is 0 Å². The number of hydrogen-bond acceptors (Lipinski definition) is 4. The Morgan fingerprint density at radius 3 is 2.47 bits per heavy atom. The third-order valence-electron chi connectivity index (χ3n) is 3.06. The summed E-state index contributed by atoms with van der Waals surface area (Å²) in [6.45, 7) is 5.83. The molecule has 6 heteroatoms. The van der Waals surface area contributed by atoms with Crippen molar-refractivity contribution in [1.82, 2.24) is 4.72 Å². The Kier molecular flexibility index (Phi) is 5.85. The first-order valence-electron chi connectivity index (χ1n) is 6.05. The van der Waals surface area contributed by atoms with Gasteiger partial charge in [-0.1, -0.05) is 13.0 Å². The summed E-state index contributed by atoms with van der Waals surface area (Å²) in [4.78, 5) is 0.246. The van der Waals surface area contributed by atoms with E-state index in [2.05, 4.69) is 4.72 Å². The van der Waals surface area contributed by atoms with E-state index in [0.717, 1.165) is 5.56 Å². The number of nitrogens with one attached hydrogen (secondary N) is 1. The van der Waals surface area contributed by atoms with Gasteiger partial charge in [-0.3, -0.25) is 0 Å². The minimum atomic E-state index is -3.52. The molecule has 0 saturated heterocycles. The lowest BCUT2D eigenvalue weighted by Gasteiger charge is -2.14. The van der Waals surface area contributed by atoms with Gasteiger partial charge in [-0.05, 0) is 42.9 Å². The summed E-state index contributed by atoms with van der Waals surface area (Å²) in [6, 6.07) is 3.34. The van der Waals surface area contributed by atoms with Crippen LogP contribution in [0.5, 0.6) is 0 Å². The van der Waals surface area contributed by atoms with Gasteiger partial charge in [0, 0.05) is 11.8 Å². The summed E-state index contributed by atoms with van der Waals surface area (Å²) >= 11 is 1.61. The first-order chi connectivity index (χ1) is 8.81. The molecule has 0 aliphatic rings. The first kappa shape index (κ1) is 16.5. The van der Waals surface area contributed by atoms with Gasteiger partial charge in [-0.2, -0.15) is 11.8 Å². The highest BCUT2D eigenvalue weighted by atomic mass is 32.2. The lowest BCUT2D eigenvalue weighted by Crippen LogP contribution is -2.30. The highest BCUT2D eigenvalue weighted by Crippen LogP contribution is 2.20. The molecule has 0 radical (unpaired) electrons. The van der Waals surface area contributed by atoms with Crippen molar-refractivity contribution in [3.05, 3.63) is 28.8 Å². The van der Waals surface area contributed by atoms with Crippen LogP contribution in [0.4, 0.5) is 0 Å². The Morgan fingerprint density at radius 1 is 1.32 bits per heavy atom. The minimum Gasteiger partial charge on any atom is -0.392 e. The molecule has 0 aliphatic carbocycles. The molecular weight excluding hydrogens is 282 g/mol. The van der Waals surface area contributed by atoms with E-state index in [-0.39, 0.29) is 16.8 Å². The van der Waals surface area contributed by atoms with Gasteiger partial charge in [0.2, 0.25) is 10.0 Å². The predicted octanol–water partition coefficient (Wildman–Crippen LogP) is 1.83. The Balaban J connectivity index is 3.07. The second-order valence-electron chi connectivity index (χ2n) is 4.60. The maximum atomic E-state index is 12.3. The molecular formula is C13H21NO3S2. The molecule has 1 aromatic carbocycles. The zero-order valence-corrected chi connectivity index (χ0v) is 13.4. The third kappa shape index (κ3) is 4.21. The molecule has 1 aromatic rings. The van der Waals surface area contributed by atoms with Crippen molar-refractivity contribution in [3.8, 4) is 0 Å². The molecule has 19 heavy (non-hydrogen) atoms. The summed E-state index contributed by atoms with van der Waals surface area (Å²) < 4.78 is 27.1. The average molecular weight is 303 g/mol. The van der Waals surface area contributed by atoms with E-state index < -0.39 is 10.0 Å². The van der Waals surface area contributed by atoms with E-state index in [9.17, 15) is 13.5 Å². The lowest BCUT2D eigenvalue weighted by atomic mass is 10.1. The summed E-state index contributed by atoms with van der Waals surface area (Å²) in [5, 5.41) is 9.46. The number of aliphatic hydroxyl groups excluding tert-OH is 1. The Bertz CT molecular complexity index is 541. The highest BCUT2D eigenvalue weighted by molar-refractivity contribution is 7.99. The van der Waals surface area contributed by atoms with Crippen LogP contribution in [0.1, 0.15) is 23.6 Å². The standard InChI is InChI=1S/C13H21NO3S2/c1-9-5-10(2)13(6-12(9)8-15)19(16,17)14-7-11(3)18-4/h5-6,11,14-15H,7-8H2,1-4H3. The SMILES string of the molecule is CSC(C)CNS(=O)(=O)c1cc(CO)c(C)cc1C. The summed E-state index contributed by atoms with van der Waals surface area (Å²) in [5.41, 5.74) is 2.24. The van der Waals surface area contributed by atoms with Crippen molar-refractivity contribution < 1.29 is 13.5 Å². The number of hydrogen-bond donors (Lipinski definition) is 2. The van der Waals surface area contributed by atoms with Crippen LogP contribution in [-0.4, -0.2) is 31.6 Å². The quantitative estimate of drug-likeness (QED) is 0.841. The molecule has 0 amide bonds. The molecule has 0 heterocycles. The van der Waals surface area contributed by atoms with Gasteiger partial charge < -0.3 is 5.11 Å². The summed E-state index contributed by atoms with van der Waals surface area (Å²) in [6.07, 6.45) is 1.94. The van der Waals surface area contributed by atoms with E-state index in [4.69, 9.17) is 0 Å². The Labute approximate surface area is 119 Å². The van der Waals surface area contributed by atoms with Gasteiger partial charge >= 0.3 is 0 Å². The summed E-state index contributed by atoms with van der Waals surface area (Å²) in [7, 11) is -3.52. The molecule has 4 nitrogen and oxygen atoms in total. The highest BCUT2D eigenvalue weighted by Gasteiger charge is 2.18. The topological polar surface area (TPSA) is 66.4 Å². The number of aryl methyl sites for hydroxylation is 2. The van der Waals surface area contributed by atoms with Gasteiger partial charge in [-0.25, -0.2) is 13.1 Å². The van der Waals surface area contributed by atoms with Gasteiger partial charge in [0.05, 0.1) is 11.5 Å². The Hall–Kier alpha value is -0.560.